The third kappa shape index (κ3) is 4.46. The molecule has 1 heterocycles. The zero-order valence-corrected chi connectivity index (χ0v) is 12.6. The van der Waals surface area contributed by atoms with Crippen LogP contribution in [0.2, 0.25) is 0 Å². The number of halogens is 1. The molecule has 0 saturated carbocycles. The van der Waals surface area contributed by atoms with Crippen LogP contribution in [0.4, 0.5) is 5.69 Å². The van der Waals surface area contributed by atoms with Gasteiger partial charge < -0.3 is 15.3 Å². The molecule has 116 valence electrons. The van der Waals surface area contributed by atoms with Crippen LogP contribution in [0, 0.1) is 5.21 Å². The Morgan fingerprint density at radius 3 is 2.23 bits per heavy atom. The van der Waals surface area contributed by atoms with Gasteiger partial charge >= 0.3 is 5.97 Å². The molecule has 0 radical (unpaired) electrons. The molecule has 1 N–H and O–H groups in total. The molecule has 0 unspecified atom stereocenters. The zero-order valence-electron chi connectivity index (χ0n) is 11.8. The summed E-state index contributed by atoms with van der Waals surface area (Å²) in [6.45, 7) is 2.04. The Morgan fingerprint density at radius 2 is 1.68 bits per heavy atom. The van der Waals surface area contributed by atoms with Gasteiger partial charge in [0, 0.05) is 17.8 Å². The van der Waals surface area contributed by atoms with E-state index in [9.17, 15) is 14.8 Å². The van der Waals surface area contributed by atoms with Gasteiger partial charge in [0.05, 0.1) is 17.7 Å². The Kier molecular flexibility index (Phi) is 6.34. The lowest BCUT2D eigenvalue weighted by Gasteiger charge is -2.06. The maximum absolute atomic E-state index is 11.9. The molecule has 2 rings (SSSR count). The highest BCUT2D eigenvalue weighted by Gasteiger charge is 2.09. The number of rotatable bonds is 4. The van der Waals surface area contributed by atoms with Crippen molar-refractivity contribution < 1.29 is 19.1 Å². The van der Waals surface area contributed by atoms with Crippen molar-refractivity contribution in [3.63, 3.8) is 0 Å². The number of ether oxygens (including phenoxy) is 1. The van der Waals surface area contributed by atoms with Crippen LogP contribution in [0.5, 0.6) is 0 Å². The van der Waals surface area contributed by atoms with Gasteiger partial charge in [-0.15, -0.1) is 12.4 Å². The first-order valence-corrected chi connectivity index (χ1v) is 6.37. The number of benzene rings is 1. The molecular weight excluding hydrogens is 308 g/mol. The lowest BCUT2D eigenvalue weighted by Crippen LogP contribution is -2.25. The molecule has 1 aromatic carbocycles. The molecule has 0 aliphatic carbocycles. The minimum atomic E-state index is -0.404. The molecule has 0 saturated heterocycles. The number of aromatic nitrogens is 1. The van der Waals surface area contributed by atoms with Crippen molar-refractivity contribution in [2.45, 2.75) is 6.92 Å². The van der Waals surface area contributed by atoms with Crippen molar-refractivity contribution in [1.82, 2.24) is 0 Å². The highest BCUT2D eigenvalue weighted by Crippen LogP contribution is 2.12. The fourth-order valence-corrected chi connectivity index (χ4v) is 1.67. The smallest absolute Gasteiger partial charge is 0.338 e. The second kappa shape index (κ2) is 7.99. The van der Waals surface area contributed by atoms with Crippen LogP contribution >= 0.6 is 12.4 Å². The number of nitrogens with one attached hydrogen (secondary N) is 1. The number of anilines is 1. The predicted octanol–water partition coefficient (Wildman–Crippen LogP) is 2.17. The lowest BCUT2D eigenvalue weighted by molar-refractivity contribution is -0.605. The maximum Gasteiger partial charge on any atom is 0.338 e. The number of carbonyl (C=O) groups excluding carboxylic acids is 2. The monoisotopic (exact) mass is 322 g/mol. The summed E-state index contributed by atoms with van der Waals surface area (Å²) in [5.41, 5.74) is 1.34. The summed E-state index contributed by atoms with van der Waals surface area (Å²) in [6, 6.07) is 9.22. The number of nitrogens with zero attached hydrogens (tertiary/aromatic N) is 1. The van der Waals surface area contributed by atoms with Crippen LogP contribution in [-0.4, -0.2) is 18.5 Å². The van der Waals surface area contributed by atoms with Crippen LogP contribution in [0.25, 0.3) is 0 Å². The van der Waals surface area contributed by atoms with Crippen LogP contribution in [-0.2, 0) is 4.74 Å². The molecule has 1 amide bonds. The standard InChI is InChI=1S/C15H14N2O4.ClH/c1-2-21-15(19)12-3-5-13(6-4-12)16-14(18)11-7-9-17(20)10-8-11;/h3-10H,2H2,1H3,(H,16,18);1H. The van der Waals surface area contributed by atoms with Gasteiger partial charge in [0.15, 0.2) is 12.4 Å². The van der Waals surface area contributed by atoms with Gasteiger partial charge in [-0.1, -0.05) is 0 Å². The average molecular weight is 323 g/mol. The fourth-order valence-electron chi connectivity index (χ4n) is 1.67. The second-order valence-electron chi connectivity index (χ2n) is 4.20. The maximum atomic E-state index is 11.9. The third-order valence-electron chi connectivity index (χ3n) is 2.72. The van der Waals surface area contributed by atoms with Crippen LogP contribution in [0.3, 0.4) is 0 Å². The van der Waals surface area contributed by atoms with Crippen molar-refractivity contribution in [3.8, 4) is 0 Å². The van der Waals surface area contributed by atoms with Gasteiger partial charge in [0.2, 0.25) is 0 Å². The van der Waals surface area contributed by atoms with E-state index >= 15 is 0 Å². The molecular formula is C15H15ClN2O4. The van der Waals surface area contributed by atoms with E-state index < -0.39 is 5.97 Å². The predicted molar refractivity (Wildman–Crippen MR) is 83.0 cm³/mol. The second-order valence-corrected chi connectivity index (χ2v) is 4.20. The Balaban J connectivity index is 0.00000242. The van der Waals surface area contributed by atoms with Gasteiger partial charge in [-0.05, 0) is 31.2 Å². The summed E-state index contributed by atoms with van der Waals surface area (Å²) in [7, 11) is 0. The Bertz CT molecular complexity index is 642. The van der Waals surface area contributed by atoms with Gasteiger partial charge in [-0.25, -0.2) is 4.79 Å². The molecule has 6 nitrogen and oxygen atoms in total. The molecule has 1 aromatic heterocycles. The normalized spacial score (nSPS) is 9.50. The summed E-state index contributed by atoms with van der Waals surface area (Å²) in [5, 5.41) is 13.6. The zero-order chi connectivity index (χ0) is 15.2. The molecule has 22 heavy (non-hydrogen) atoms. The highest BCUT2D eigenvalue weighted by atomic mass is 35.5. The van der Waals surface area contributed by atoms with Crippen molar-refractivity contribution in [2.24, 2.45) is 0 Å². The van der Waals surface area contributed by atoms with Crippen molar-refractivity contribution in [2.75, 3.05) is 11.9 Å². The van der Waals surface area contributed by atoms with E-state index in [4.69, 9.17) is 4.74 Å². The number of hydrogen-bond donors (Lipinski definition) is 1. The number of amides is 1. The summed E-state index contributed by atoms with van der Waals surface area (Å²) >= 11 is 0. The number of pyridine rings is 1. The Hall–Kier alpha value is -2.60. The Morgan fingerprint density at radius 1 is 1.09 bits per heavy atom. The van der Waals surface area contributed by atoms with Crippen LogP contribution in [0.1, 0.15) is 27.6 Å². The van der Waals surface area contributed by atoms with Gasteiger partial charge in [-0.2, -0.15) is 4.73 Å². The quantitative estimate of drug-likeness (QED) is 0.531. The molecule has 2 aromatic rings. The van der Waals surface area contributed by atoms with Gasteiger partial charge in [0.25, 0.3) is 5.91 Å². The minimum Gasteiger partial charge on any atom is -0.619 e. The van der Waals surface area contributed by atoms with E-state index in [-0.39, 0.29) is 18.3 Å². The van der Waals surface area contributed by atoms with E-state index in [2.05, 4.69) is 5.32 Å². The number of esters is 1. The van der Waals surface area contributed by atoms with Crippen LogP contribution < -0.4 is 10.0 Å². The molecule has 0 atom stereocenters. The summed E-state index contributed by atoms with van der Waals surface area (Å²) in [4.78, 5) is 23.4. The number of carbonyl (C=O) groups is 2. The number of hydrogen-bond acceptors (Lipinski definition) is 4. The molecule has 7 heteroatoms. The summed E-state index contributed by atoms with van der Waals surface area (Å²) in [6.07, 6.45) is 2.50. The van der Waals surface area contributed by atoms with Crippen molar-refractivity contribution in [3.05, 3.63) is 65.1 Å². The molecule has 0 aliphatic rings. The largest absolute Gasteiger partial charge is 0.619 e. The van der Waals surface area contributed by atoms with Crippen molar-refractivity contribution in [1.29, 1.82) is 0 Å². The summed E-state index contributed by atoms with van der Waals surface area (Å²) < 4.78 is 5.47. The van der Waals surface area contributed by atoms with E-state index in [1.165, 1.54) is 24.5 Å². The topological polar surface area (TPSA) is 82.3 Å². The third-order valence-corrected chi connectivity index (χ3v) is 2.72. The lowest BCUT2D eigenvalue weighted by atomic mass is 10.2. The van der Waals surface area contributed by atoms with E-state index in [0.717, 1.165) is 0 Å². The summed E-state index contributed by atoms with van der Waals surface area (Å²) in [5.74, 6) is -0.738. The van der Waals surface area contributed by atoms with Gasteiger partial charge in [-0.3, -0.25) is 4.79 Å². The van der Waals surface area contributed by atoms with E-state index in [1.807, 2.05) is 0 Å². The SMILES string of the molecule is CCOC(=O)c1ccc(NC(=O)c2cc[n+]([O-])cc2)cc1.Cl. The Labute approximate surface area is 133 Å². The van der Waals surface area contributed by atoms with Gasteiger partial charge in [0.1, 0.15) is 0 Å². The first kappa shape index (κ1) is 17.5. The molecule has 0 fully saturated rings. The fraction of sp³-hybridized carbons (Fsp3) is 0.133. The van der Waals surface area contributed by atoms with E-state index in [1.54, 1.807) is 31.2 Å². The minimum absolute atomic E-state index is 0. The van der Waals surface area contributed by atoms with Crippen molar-refractivity contribution >= 4 is 30.0 Å². The highest BCUT2D eigenvalue weighted by molar-refractivity contribution is 6.04. The first-order valence-electron chi connectivity index (χ1n) is 6.37. The molecule has 0 bridgehead atoms. The van der Waals surface area contributed by atoms with E-state index in [0.29, 0.717) is 28.2 Å². The first-order chi connectivity index (χ1) is 10.1. The molecule has 0 aliphatic heterocycles. The van der Waals surface area contributed by atoms with Crippen LogP contribution in [0.15, 0.2) is 48.8 Å². The molecule has 0 spiro atoms. The average Bonchev–Trinajstić information content (AvgIpc) is 2.49.